The molecule has 4 nitrogen and oxygen atoms in total. The first kappa shape index (κ1) is 16.4. The van der Waals surface area contributed by atoms with Crippen LogP contribution in [0.25, 0.3) is 0 Å². The lowest BCUT2D eigenvalue weighted by Gasteiger charge is -2.16. The number of esters is 1. The minimum Gasteiger partial charge on any atom is -0.477 e. The van der Waals surface area contributed by atoms with E-state index in [2.05, 4.69) is 20.7 Å². The molecule has 0 aliphatic carbocycles. The van der Waals surface area contributed by atoms with E-state index in [1.807, 2.05) is 0 Å². The summed E-state index contributed by atoms with van der Waals surface area (Å²) < 4.78 is 56.5. The Morgan fingerprint density at radius 3 is 1.75 bits per heavy atom. The Morgan fingerprint density at radius 2 is 1.45 bits per heavy atom. The van der Waals surface area contributed by atoms with Crippen LogP contribution in [0.4, 0.5) is 17.6 Å². The molecule has 0 atom stereocenters. The van der Waals surface area contributed by atoms with Gasteiger partial charge in [0.1, 0.15) is 9.89 Å². The van der Waals surface area contributed by atoms with Gasteiger partial charge in [0.2, 0.25) is 17.4 Å². The Morgan fingerprint density at radius 1 is 1.05 bits per heavy atom. The summed E-state index contributed by atoms with van der Waals surface area (Å²) in [6.45, 7) is 2.53. The molecule has 0 saturated heterocycles. The van der Waals surface area contributed by atoms with Crippen LogP contribution >= 0.6 is 15.9 Å². The Hall–Kier alpha value is -1.64. The molecule has 9 heteroatoms. The molecular formula is C11H7BrF4O4. The predicted molar refractivity (Wildman–Crippen MR) is 61.9 cm³/mol. The molecule has 0 saturated carbocycles. The third kappa shape index (κ3) is 2.92. The summed E-state index contributed by atoms with van der Waals surface area (Å²) in [6, 6.07) is 0. The van der Waals surface area contributed by atoms with Gasteiger partial charge in [-0.1, -0.05) is 15.9 Å². The van der Waals surface area contributed by atoms with Gasteiger partial charge in [-0.15, -0.1) is 0 Å². The molecule has 1 rings (SSSR count). The number of carbonyl (C=O) groups excluding carboxylic acids is 1. The van der Waals surface area contributed by atoms with Gasteiger partial charge in [0, 0.05) is 0 Å². The normalized spacial score (nSPS) is 11.3. The standard InChI is InChI=1S/C11H7BrF4O4/c1-11(2,12)10(19)20-8-6(15)4(13)3(9(17)18)5(14)7(8)16/h1-2H3,(H,17,18). The monoisotopic (exact) mass is 358 g/mol. The molecule has 20 heavy (non-hydrogen) atoms. The highest BCUT2D eigenvalue weighted by atomic mass is 79.9. The highest BCUT2D eigenvalue weighted by molar-refractivity contribution is 9.10. The van der Waals surface area contributed by atoms with E-state index in [0.29, 0.717) is 0 Å². The Bertz CT molecular complexity index is 566. The fourth-order valence-corrected chi connectivity index (χ4v) is 1.18. The summed E-state index contributed by atoms with van der Waals surface area (Å²) >= 11 is 2.82. The van der Waals surface area contributed by atoms with E-state index in [0.717, 1.165) is 0 Å². The molecule has 0 spiro atoms. The lowest BCUT2D eigenvalue weighted by atomic mass is 10.1. The van der Waals surface area contributed by atoms with Crippen molar-refractivity contribution in [3.63, 3.8) is 0 Å². The highest BCUT2D eigenvalue weighted by Crippen LogP contribution is 2.31. The first-order chi connectivity index (χ1) is 8.98. The lowest BCUT2D eigenvalue weighted by molar-refractivity contribution is -0.136. The van der Waals surface area contributed by atoms with Crippen LogP contribution in [0, 0.1) is 23.3 Å². The van der Waals surface area contributed by atoms with Gasteiger partial charge in [-0.25, -0.2) is 13.6 Å². The summed E-state index contributed by atoms with van der Waals surface area (Å²) in [5, 5.41) is 8.47. The molecule has 1 aromatic rings. The summed E-state index contributed by atoms with van der Waals surface area (Å²) in [7, 11) is 0. The third-order valence-corrected chi connectivity index (χ3v) is 2.44. The number of carboxylic acids is 1. The first-order valence-corrected chi connectivity index (χ1v) is 5.78. The zero-order valence-electron chi connectivity index (χ0n) is 10.1. The number of halogens is 5. The maximum absolute atomic E-state index is 13.5. The van der Waals surface area contributed by atoms with E-state index >= 15 is 0 Å². The van der Waals surface area contributed by atoms with Crippen LogP contribution in [-0.4, -0.2) is 21.4 Å². The number of alkyl halides is 1. The van der Waals surface area contributed by atoms with Gasteiger partial charge in [-0.05, 0) is 13.8 Å². The maximum Gasteiger partial charge on any atom is 0.341 e. The molecule has 1 N–H and O–H groups in total. The highest BCUT2D eigenvalue weighted by Gasteiger charge is 2.34. The van der Waals surface area contributed by atoms with Crippen molar-refractivity contribution in [2.75, 3.05) is 0 Å². The van der Waals surface area contributed by atoms with Crippen LogP contribution in [0.15, 0.2) is 0 Å². The molecule has 0 fully saturated rings. The van der Waals surface area contributed by atoms with Crippen molar-refractivity contribution in [3.05, 3.63) is 28.8 Å². The number of aromatic carboxylic acids is 1. The Balaban J connectivity index is 3.45. The largest absolute Gasteiger partial charge is 0.477 e. The molecule has 0 aromatic heterocycles. The van der Waals surface area contributed by atoms with Crippen LogP contribution in [0.1, 0.15) is 24.2 Å². The van der Waals surface area contributed by atoms with Crippen LogP contribution in [0.3, 0.4) is 0 Å². The zero-order valence-corrected chi connectivity index (χ0v) is 11.6. The molecule has 110 valence electrons. The topological polar surface area (TPSA) is 63.6 Å². The number of rotatable bonds is 3. The van der Waals surface area contributed by atoms with E-state index in [-0.39, 0.29) is 0 Å². The molecule has 0 bridgehead atoms. The van der Waals surface area contributed by atoms with Crippen LogP contribution < -0.4 is 4.74 Å². The zero-order chi connectivity index (χ0) is 15.8. The fourth-order valence-electron chi connectivity index (χ4n) is 1.10. The SMILES string of the molecule is CC(C)(Br)C(=O)Oc1c(F)c(F)c(C(=O)O)c(F)c1F. The second-order valence-corrected chi connectivity index (χ2v) is 6.11. The van der Waals surface area contributed by atoms with Gasteiger partial charge in [-0.2, -0.15) is 8.78 Å². The number of carboxylic acid groups (broad SMARTS) is 1. The van der Waals surface area contributed by atoms with Crippen molar-refractivity contribution >= 4 is 27.9 Å². The smallest absolute Gasteiger partial charge is 0.341 e. The molecule has 1 aromatic carbocycles. The first-order valence-electron chi connectivity index (χ1n) is 4.99. The van der Waals surface area contributed by atoms with Crippen molar-refractivity contribution < 1.29 is 37.0 Å². The summed E-state index contributed by atoms with van der Waals surface area (Å²) in [6.07, 6.45) is 0. The van der Waals surface area contributed by atoms with Gasteiger partial charge in [0.15, 0.2) is 11.6 Å². The van der Waals surface area contributed by atoms with Gasteiger partial charge in [-0.3, -0.25) is 4.79 Å². The molecular weight excluding hydrogens is 352 g/mol. The van der Waals surface area contributed by atoms with E-state index in [4.69, 9.17) is 5.11 Å². The maximum atomic E-state index is 13.5. The van der Waals surface area contributed by atoms with E-state index < -0.39 is 50.8 Å². The number of carbonyl (C=O) groups is 2. The van der Waals surface area contributed by atoms with Crippen molar-refractivity contribution in [2.45, 2.75) is 18.2 Å². The van der Waals surface area contributed by atoms with Crippen molar-refractivity contribution in [3.8, 4) is 5.75 Å². The van der Waals surface area contributed by atoms with E-state index in [9.17, 15) is 27.2 Å². The third-order valence-electron chi connectivity index (χ3n) is 2.12. The molecule has 0 amide bonds. The second-order valence-electron chi connectivity index (χ2n) is 4.13. The molecule has 0 aliphatic rings. The van der Waals surface area contributed by atoms with Gasteiger partial charge < -0.3 is 9.84 Å². The average molecular weight is 359 g/mol. The number of hydrogen-bond donors (Lipinski definition) is 1. The molecule has 0 heterocycles. The summed E-state index contributed by atoms with van der Waals surface area (Å²) in [5.74, 6) is -13.6. The van der Waals surface area contributed by atoms with Gasteiger partial charge in [0.25, 0.3) is 0 Å². The van der Waals surface area contributed by atoms with Gasteiger partial charge in [0.05, 0.1) is 0 Å². The Kier molecular flexibility index (Phi) is 4.42. The van der Waals surface area contributed by atoms with E-state index in [1.54, 1.807) is 0 Å². The van der Waals surface area contributed by atoms with Crippen molar-refractivity contribution in [1.29, 1.82) is 0 Å². The Labute approximate surface area is 118 Å². The average Bonchev–Trinajstić information content (AvgIpc) is 2.30. The number of hydrogen-bond acceptors (Lipinski definition) is 3. The van der Waals surface area contributed by atoms with Crippen molar-refractivity contribution in [2.24, 2.45) is 0 Å². The van der Waals surface area contributed by atoms with Crippen LogP contribution in [0.5, 0.6) is 5.75 Å². The quantitative estimate of drug-likeness (QED) is 0.296. The second kappa shape index (κ2) is 5.39. The van der Waals surface area contributed by atoms with Crippen LogP contribution in [0.2, 0.25) is 0 Å². The van der Waals surface area contributed by atoms with Gasteiger partial charge >= 0.3 is 11.9 Å². The minimum absolute atomic E-state index is 1.22. The number of benzene rings is 1. The van der Waals surface area contributed by atoms with Crippen LogP contribution in [-0.2, 0) is 4.79 Å². The molecule has 0 aliphatic heterocycles. The summed E-state index contributed by atoms with van der Waals surface area (Å²) in [4.78, 5) is 21.9. The molecule has 0 radical (unpaired) electrons. The fraction of sp³-hybridized carbons (Fsp3) is 0.273. The lowest BCUT2D eigenvalue weighted by Crippen LogP contribution is -2.30. The molecule has 0 unspecified atom stereocenters. The summed E-state index contributed by atoms with van der Waals surface area (Å²) in [5.41, 5.74) is -1.81. The van der Waals surface area contributed by atoms with E-state index in [1.165, 1.54) is 13.8 Å². The predicted octanol–water partition coefficient (Wildman–Crippen LogP) is 3.02. The minimum atomic E-state index is -2.20. The van der Waals surface area contributed by atoms with Crippen molar-refractivity contribution in [1.82, 2.24) is 0 Å². The number of ether oxygens (including phenoxy) is 1.